The zero-order chi connectivity index (χ0) is 9.80. The first-order chi connectivity index (χ1) is 6.86. The minimum atomic E-state index is -1.20. The molecule has 1 aromatic carbocycles. The molecule has 1 unspecified atom stereocenters. The molecule has 0 amide bonds. The van der Waals surface area contributed by atoms with E-state index < -0.39 is 10.8 Å². The summed E-state index contributed by atoms with van der Waals surface area (Å²) in [7, 11) is -1.20. The largest absolute Gasteiger partial charge is 0.380 e. The minimum absolute atomic E-state index is 0.314. The molecular formula is C9H8N2O2S. The second kappa shape index (κ2) is 4.06. The van der Waals surface area contributed by atoms with E-state index in [1.165, 1.54) is 11.6 Å². The molecular weight excluding hydrogens is 200 g/mol. The van der Waals surface area contributed by atoms with Gasteiger partial charge < -0.3 is 4.84 Å². The van der Waals surface area contributed by atoms with E-state index in [2.05, 4.69) is 10.5 Å². The summed E-state index contributed by atoms with van der Waals surface area (Å²) in [5.41, 5.74) is 2.53. The number of benzene rings is 1. The lowest BCUT2D eigenvalue weighted by atomic mass is 10.3. The molecule has 2 rings (SSSR count). The van der Waals surface area contributed by atoms with Crippen LogP contribution in [0.2, 0.25) is 0 Å². The Morgan fingerprint density at radius 3 is 2.71 bits per heavy atom. The van der Waals surface area contributed by atoms with Gasteiger partial charge in [0.2, 0.25) is 5.17 Å². The van der Waals surface area contributed by atoms with Crippen molar-refractivity contribution in [1.29, 1.82) is 0 Å². The molecule has 1 N–H and O–H groups in total. The van der Waals surface area contributed by atoms with Crippen molar-refractivity contribution < 1.29 is 9.05 Å². The molecule has 0 aliphatic carbocycles. The van der Waals surface area contributed by atoms with E-state index in [4.69, 9.17) is 4.84 Å². The fraction of sp³-hybridized carbons (Fsp3) is 0. The summed E-state index contributed by atoms with van der Waals surface area (Å²) >= 11 is 0. The Bertz CT molecular complexity index is 401. The monoisotopic (exact) mass is 208 g/mol. The molecule has 5 heteroatoms. The third kappa shape index (κ3) is 2.00. The van der Waals surface area contributed by atoms with Crippen LogP contribution in [0.25, 0.3) is 0 Å². The van der Waals surface area contributed by atoms with Gasteiger partial charge in [-0.05, 0) is 12.1 Å². The van der Waals surface area contributed by atoms with Gasteiger partial charge >= 0.3 is 0 Å². The maximum absolute atomic E-state index is 11.1. The summed E-state index contributed by atoms with van der Waals surface area (Å²) in [6, 6.07) is 9.17. The lowest BCUT2D eigenvalue weighted by Gasteiger charge is -2.05. The summed E-state index contributed by atoms with van der Waals surface area (Å²) in [5.74, 6) is 0.652. The van der Waals surface area contributed by atoms with E-state index in [0.29, 0.717) is 10.9 Å². The van der Waals surface area contributed by atoms with Crippen molar-refractivity contribution in [3.63, 3.8) is 0 Å². The molecule has 0 fully saturated rings. The van der Waals surface area contributed by atoms with Crippen molar-refractivity contribution in [2.75, 3.05) is 0 Å². The van der Waals surface area contributed by atoms with Gasteiger partial charge in [0.25, 0.3) is 0 Å². The third-order valence-corrected chi connectivity index (χ3v) is 2.50. The van der Waals surface area contributed by atoms with Gasteiger partial charge in [0.1, 0.15) is 10.8 Å². The highest BCUT2D eigenvalue weighted by molar-refractivity contribution is 8.03. The van der Waals surface area contributed by atoms with Gasteiger partial charge in [-0.25, -0.2) is 9.20 Å². The lowest BCUT2D eigenvalue weighted by Crippen LogP contribution is -2.28. The topological polar surface area (TPSA) is 50.7 Å². The molecule has 0 saturated heterocycles. The molecule has 4 nitrogen and oxygen atoms in total. The van der Waals surface area contributed by atoms with Crippen LogP contribution in [0.5, 0.6) is 5.75 Å². The third-order valence-electron chi connectivity index (χ3n) is 1.57. The number of nitrogens with zero attached hydrogens (tertiary/aromatic N) is 1. The molecule has 0 radical (unpaired) electrons. The first-order valence-electron chi connectivity index (χ1n) is 3.99. The smallest absolute Gasteiger partial charge is 0.229 e. The first-order valence-corrected chi connectivity index (χ1v) is 5.20. The summed E-state index contributed by atoms with van der Waals surface area (Å²) < 4.78 is 11.1. The highest BCUT2D eigenvalue weighted by Crippen LogP contribution is 2.07. The summed E-state index contributed by atoms with van der Waals surface area (Å²) in [4.78, 5) is 8.98. The van der Waals surface area contributed by atoms with E-state index in [1.54, 1.807) is 12.1 Å². The fourth-order valence-electron chi connectivity index (χ4n) is 0.928. The van der Waals surface area contributed by atoms with Crippen LogP contribution >= 0.6 is 0 Å². The number of hydrogen-bond acceptors (Lipinski definition) is 4. The van der Waals surface area contributed by atoms with Crippen molar-refractivity contribution in [2.45, 2.75) is 0 Å². The van der Waals surface area contributed by atoms with Crippen LogP contribution in [0.1, 0.15) is 0 Å². The van der Waals surface area contributed by atoms with Crippen molar-refractivity contribution in [3.05, 3.63) is 41.9 Å². The summed E-state index contributed by atoms with van der Waals surface area (Å²) in [5, 5.41) is 1.80. The Balaban J connectivity index is 1.93. The first kappa shape index (κ1) is 8.96. The number of nitrogens with one attached hydrogen (secondary N) is 1. The number of hydroxylamine groups is 1. The average Bonchev–Trinajstić information content (AvgIpc) is 2.63. The molecule has 1 heterocycles. The zero-order valence-electron chi connectivity index (χ0n) is 7.21. The Labute approximate surface area is 83.7 Å². The standard InChI is InChI=1S/C9H8N2O2S/c12-14-7-6-10-9(14)11-13-8-4-2-1-3-5-8/h1-7H,(H,10,11). The van der Waals surface area contributed by atoms with Crippen molar-refractivity contribution in [3.8, 4) is 5.75 Å². The fourth-order valence-corrected chi connectivity index (χ4v) is 1.52. The molecule has 1 aromatic rings. The van der Waals surface area contributed by atoms with E-state index in [9.17, 15) is 4.21 Å². The predicted molar refractivity (Wildman–Crippen MR) is 54.9 cm³/mol. The second-order valence-electron chi connectivity index (χ2n) is 2.53. The maximum Gasteiger partial charge on any atom is 0.229 e. The predicted octanol–water partition coefficient (Wildman–Crippen LogP) is 1.16. The maximum atomic E-state index is 11.1. The van der Waals surface area contributed by atoms with Crippen LogP contribution in [-0.4, -0.2) is 9.38 Å². The van der Waals surface area contributed by atoms with Crippen LogP contribution < -0.4 is 10.3 Å². The van der Waals surface area contributed by atoms with Crippen LogP contribution in [0.4, 0.5) is 0 Å². The number of hydrogen-bond donors (Lipinski definition) is 1. The molecule has 0 bridgehead atoms. The Kier molecular flexibility index (Phi) is 2.60. The number of rotatable bonds is 2. The Morgan fingerprint density at radius 2 is 2.07 bits per heavy atom. The van der Waals surface area contributed by atoms with Crippen LogP contribution in [0.3, 0.4) is 0 Å². The summed E-state index contributed by atoms with van der Waals surface area (Å²) in [6.07, 6.45) is 1.48. The van der Waals surface area contributed by atoms with Gasteiger partial charge in [0, 0.05) is 11.6 Å². The molecule has 72 valence electrons. The normalized spacial score (nSPS) is 19.1. The zero-order valence-corrected chi connectivity index (χ0v) is 8.03. The molecule has 1 aliphatic rings. The molecule has 0 saturated carbocycles. The molecule has 0 spiro atoms. The van der Waals surface area contributed by atoms with Crippen molar-refractivity contribution >= 4 is 16.0 Å². The second-order valence-corrected chi connectivity index (χ2v) is 3.79. The lowest BCUT2D eigenvalue weighted by molar-refractivity contribution is 0.265. The van der Waals surface area contributed by atoms with Crippen molar-refractivity contribution in [1.82, 2.24) is 5.48 Å². The SMILES string of the molecule is O=S1C=CN=C1NOc1ccccc1. The van der Waals surface area contributed by atoms with Crippen LogP contribution in [0, 0.1) is 0 Å². The van der Waals surface area contributed by atoms with Gasteiger partial charge in [-0.15, -0.1) is 0 Å². The van der Waals surface area contributed by atoms with Gasteiger partial charge in [-0.2, -0.15) is 5.48 Å². The molecule has 0 aromatic heterocycles. The average molecular weight is 208 g/mol. The van der Waals surface area contributed by atoms with Crippen LogP contribution in [0.15, 0.2) is 46.9 Å². The van der Waals surface area contributed by atoms with Gasteiger partial charge in [0.05, 0.1) is 0 Å². The van der Waals surface area contributed by atoms with E-state index in [1.807, 2.05) is 18.2 Å². The number of aliphatic imine (C=N–C) groups is 1. The number of amidine groups is 1. The van der Waals surface area contributed by atoms with E-state index >= 15 is 0 Å². The highest BCUT2D eigenvalue weighted by Gasteiger charge is 2.10. The van der Waals surface area contributed by atoms with Gasteiger partial charge in [-0.1, -0.05) is 18.2 Å². The quantitative estimate of drug-likeness (QED) is 0.742. The summed E-state index contributed by atoms with van der Waals surface area (Å²) in [6.45, 7) is 0. The molecule has 14 heavy (non-hydrogen) atoms. The van der Waals surface area contributed by atoms with Gasteiger partial charge in [-0.3, -0.25) is 0 Å². The highest BCUT2D eigenvalue weighted by atomic mass is 32.2. The van der Waals surface area contributed by atoms with E-state index in [0.717, 1.165) is 0 Å². The molecule has 1 aliphatic heterocycles. The Morgan fingerprint density at radius 1 is 1.29 bits per heavy atom. The van der Waals surface area contributed by atoms with Gasteiger partial charge in [0.15, 0.2) is 5.75 Å². The molecule has 1 atom stereocenters. The number of para-hydroxylation sites is 1. The van der Waals surface area contributed by atoms with E-state index in [-0.39, 0.29) is 0 Å². The van der Waals surface area contributed by atoms with Crippen LogP contribution in [-0.2, 0) is 10.8 Å². The minimum Gasteiger partial charge on any atom is -0.380 e. The van der Waals surface area contributed by atoms with Crippen molar-refractivity contribution in [2.24, 2.45) is 4.99 Å². The Hall–Kier alpha value is -1.62.